The number of aryl methyl sites for hydroxylation is 1. The number of hydrogen-bond donors (Lipinski definition) is 1. The van der Waals surface area contributed by atoms with Crippen LogP contribution in [0.4, 0.5) is 0 Å². The SMILES string of the molecule is COc1cc(/C=C/C(N)=O)cc(Br)c1OCc1ccc(C)cc1. The van der Waals surface area contributed by atoms with Gasteiger partial charge in [0.05, 0.1) is 11.6 Å². The summed E-state index contributed by atoms with van der Waals surface area (Å²) in [6.45, 7) is 2.48. The van der Waals surface area contributed by atoms with Gasteiger partial charge in [-0.05, 0) is 52.2 Å². The number of benzene rings is 2. The molecular weight excluding hydrogens is 358 g/mol. The minimum atomic E-state index is -0.500. The second-order valence-electron chi connectivity index (χ2n) is 5.04. The average molecular weight is 376 g/mol. The van der Waals surface area contributed by atoms with Crippen molar-refractivity contribution in [3.05, 3.63) is 63.6 Å². The average Bonchev–Trinajstić information content (AvgIpc) is 2.53. The fraction of sp³-hybridized carbons (Fsp3) is 0.167. The van der Waals surface area contributed by atoms with Crippen LogP contribution in [0.3, 0.4) is 0 Å². The van der Waals surface area contributed by atoms with Crippen LogP contribution in [-0.2, 0) is 11.4 Å². The molecule has 0 heterocycles. The van der Waals surface area contributed by atoms with Gasteiger partial charge in [-0.2, -0.15) is 0 Å². The van der Waals surface area contributed by atoms with E-state index in [1.165, 1.54) is 11.6 Å². The van der Waals surface area contributed by atoms with Crippen LogP contribution < -0.4 is 15.2 Å². The summed E-state index contributed by atoms with van der Waals surface area (Å²) in [7, 11) is 1.57. The molecule has 0 fully saturated rings. The molecule has 0 atom stereocenters. The summed E-state index contributed by atoms with van der Waals surface area (Å²) in [6, 6.07) is 11.8. The Balaban J connectivity index is 2.20. The van der Waals surface area contributed by atoms with Crippen LogP contribution in [0.15, 0.2) is 46.9 Å². The molecule has 2 N–H and O–H groups in total. The Morgan fingerprint density at radius 3 is 2.57 bits per heavy atom. The Hall–Kier alpha value is -2.27. The molecule has 0 aliphatic heterocycles. The first-order valence-electron chi connectivity index (χ1n) is 7.03. The number of halogens is 1. The molecule has 0 aliphatic carbocycles. The first-order chi connectivity index (χ1) is 11.0. The number of hydrogen-bond acceptors (Lipinski definition) is 3. The van der Waals surface area contributed by atoms with Crippen LogP contribution in [-0.4, -0.2) is 13.0 Å². The van der Waals surface area contributed by atoms with E-state index in [-0.39, 0.29) is 0 Å². The van der Waals surface area contributed by atoms with Gasteiger partial charge >= 0.3 is 0 Å². The lowest BCUT2D eigenvalue weighted by Crippen LogP contribution is -2.05. The third-order valence-corrected chi connectivity index (χ3v) is 3.78. The molecular formula is C18H18BrNO3. The minimum Gasteiger partial charge on any atom is -0.493 e. The monoisotopic (exact) mass is 375 g/mol. The Kier molecular flexibility index (Phi) is 5.82. The van der Waals surface area contributed by atoms with Crippen molar-refractivity contribution in [2.24, 2.45) is 5.73 Å². The van der Waals surface area contributed by atoms with Crippen LogP contribution in [0.5, 0.6) is 11.5 Å². The van der Waals surface area contributed by atoms with Crippen LogP contribution in [0.2, 0.25) is 0 Å². The Morgan fingerprint density at radius 1 is 1.26 bits per heavy atom. The zero-order valence-electron chi connectivity index (χ0n) is 13.0. The predicted octanol–water partition coefficient (Wildman–Crippen LogP) is 3.84. The Morgan fingerprint density at radius 2 is 1.96 bits per heavy atom. The van der Waals surface area contributed by atoms with Gasteiger partial charge in [0, 0.05) is 6.08 Å². The van der Waals surface area contributed by atoms with Gasteiger partial charge in [0.15, 0.2) is 11.5 Å². The van der Waals surface area contributed by atoms with Gasteiger partial charge in [0.1, 0.15) is 6.61 Å². The van der Waals surface area contributed by atoms with E-state index in [0.717, 1.165) is 15.6 Å². The molecule has 120 valence electrons. The summed E-state index contributed by atoms with van der Waals surface area (Å²) in [5.74, 6) is 0.694. The second-order valence-corrected chi connectivity index (χ2v) is 5.90. The molecule has 4 nitrogen and oxygen atoms in total. The van der Waals surface area contributed by atoms with Gasteiger partial charge < -0.3 is 15.2 Å². The summed E-state index contributed by atoms with van der Waals surface area (Å²) < 4.78 is 12.0. The highest BCUT2D eigenvalue weighted by Gasteiger charge is 2.11. The molecule has 23 heavy (non-hydrogen) atoms. The zero-order valence-corrected chi connectivity index (χ0v) is 14.6. The largest absolute Gasteiger partial charge is 0.493 e. The van der Waals surface area contributed by atoms with Gasteiger partial charge in [-0.15, -0.1) is 0 Å². The molecule has 0 unspecified atom stereocenters. The number of carbonyl (C=O) groups is 1. The summed E-state index contributed by atoms with van der Waals surface area (Å²) in [5, 5.41) is 0. The van der Waals surface area contributed by atoms with Crippen molar-refractivity contribution in [3.63, 3.8) is 0 Å². The van der Waals surface area contributed by atoms with Crippen molar-refractivity contribution in [1.29, 1.82) is 0 Å². The fourth-order valence-corrected chi connectivity index (χ4v) is 2.57. The van der Waals surface area contributed by atoms with Crippen molar-refractivity contribution in [2.75, 3.05) is 7.11 Å². The van der Waals surface area contributed by atoms with Crippen molar-refractivity contribution >= 4 is 27.9 Å². The molecule has 0 aliphatic rings. The van der Waals surface area contributed by atoms with Crippen molar-refractivity contribution in [2.45, 2.75) is 13.5 Å². The van der Waals surface area contributed by atoms with E-state index >= 15 is 0 Å². The van der Waals surface area contributed by atoms with Crippen molar-refractivity contribution in [3.8, 4) is 11.5 Å². The molecule has 0 aromatic heterocycles. The summed E-state index contributed by atoms with van der Waals surface area (Å²) >= 11 is 3.48. The maximum absolute atomic E-state index is 10.8. The minimum absolute atomic E-state index is 0.436. The van der Waals surface area contributed by atoms with Gasteiger partial charge in [0.2, 0.25) is 5.91 Å². The maximum Gasteiger partial charge on any atom is 0.241 e. The molecule has 5 heteroatoms. The molecule has 1 amide bonds. The van der Waals surface area contributed by atoms with E-state index in [9.17, 15) is 4.79 Å². The quantitative estimate of drug-likeness (QED) is 0.780. The normalized spacial score (nSPS) is 10.7. The van der Waals surface area contributed by atoms with Crippen molar-refractivity contribution < 1.29 is 14.3 Å². The Bertz CT molecular complexity index is 724. The van der Waals surface area contributed by atoms with E-state index in [0.29, 0.717) is 18.1 Å². The number of rotatable bonds is 6. The first-order valence-corrected chi connectivity index (χ1v) is 7.82. The van der Waals surface area contributed by atoms with Crippen LogP contribution in [0.1, 0.15) is 16.7 Å². The van der Waals surface area contributed by atoms with Gasteiger partial charge in [-0.1, -0.05) is 29.8 Å². The summed E-state index contributed by atoms with van der Waals surface area (Å²) in [5.41, 5.74) is 8.17. The number of amides is 1. The topological polar surface area (TPSA) is 61.5 Å². The molecule has 2 aromatic rings. The lowest BCUT2D eigenvalue weighted by Gasteiger charge is -2.13. The second kappa shape index (κ2) is 7.83. The van der Waals surface area contributed by atoms with Crippen LogP contribution in [0, 0.1) is 6.92 Å². The molecule has 0 spiro atoms. The van der Waals surface area contributed by atoms with Crippen LogP contribution in [0.25, 0.3) is 6.08 Å². The van der Waals surface area contributed by atoms with Gasteiger partial charge in [-0.3, -0.25) is 4.79 Å². The highest BCUT2D eigenvalue weighted by Crippen LogP contribution is 2.37. The van der Waals surface area contributed by atoms with E-state index in [2.05, 4.69) is 15.9 Å². The summed E-state index contributed by atoms with van der Waals surface area (Å²) in [6.07, 6.45) is 2.92. The maximum atomic E-state index is 10.8. The van der Waals surface area contributed by atoms with E-state index in [4.69, 9.17) is 15.2 Å². The molecule has 2 aromatic carbocycles. The molecule has 0 radical (unpaired) electrons. The van der Waals surface area contributed by atoms with Gasteiger partial charge in [0.25, 0.3) is 0 Å². The molecule has 0 saturated heterocycles. The molecule has 2 rings (SSSR count). The van der Waals surface area contributed by atoms with Gasteiger partial charge in [-0.25, -0.2) is 0 Å². The fourth-order valence-electron chi connectivity index (χ4n) is 1.99. The number of methoxy groups -OCH3 is 1. The standard InChI is InChI=1S/C18H18BrNO3/c1-12-3-5-13(6-4-12)11-23-18-15(19)9-14(7-8-17(20)21)10-16(18)22-2/h3-10H,11H2,1-2H3,(H2,20,21)/b8-7+. The van der Waals surface area contributed by atoms with Crippen molar-refractivity contribution in [1.82, 2.24) is 0 Å². The highest BCUT2D eigenvalue weighted by atomic mass is 79.9. The van der Waals surface area contributed by atoms with E-state index in [1.807, 2.05) is 37.3 Å². The molecule has 0 saturated carbocycles. The lowest BCUT2D eigenvalue weighted by atomic mass is 10.1. The summed E-state index contributed by atoms with van der Waals surface area (Å²) in [4.78, 5) is 10.8. The third-order valence-electron chi connectivity index (χ3n) is 3.20. The van der Waals surface area contributed by atoms with Crippen LogP contribution >= 0.6 is 15.9 Å². The number of primary amides is 1. The molecule has 0 bridgehead atoms. The third kappa shape index (κ3) is 4.86. The first kappa shape index (κ1) is 17.1. The Labute approximate surface area is 144 Å². The van der Waals surface area contributed by atoms with E-state index in [1.54, 1.807) is 19.3 Å². The predicted molar refractivity (Wildman–Crippen MR) is 94.4 cm³/mol. The number of carbonyl (C=O) groups excluding carboxylic acids is 1. The highest BCUT2D eigenvalue weighted by molar-refractivity contribution is 9.10. The smallest absolute Gasteiger partial charge is 0.241 e. The van der Waals surface area contributed by atoms with E-state index < -0.39 is 5.91 Å². The lowest BCUT2D eigenvalue weighted by molar-refractivity contribution is -0.113. The zero-order chi connectivity index (χ0) is 16.8. The number of ether oxygens (including phenoxy) is 2. The number of nitrogens with two attached hydrogens (primary N) is 1.